The first-order chi connectivity index (χ1) is 18.1. The van der Waals surface area contributed by atoms with E-state index >= 15 is 0 Å². The Morgan fingerprint density at radius 2 is 1.95 bits per heavy atom. The summed E-state index contributed by atoms with van der Waals surface area (Å²) in [6, 6.07) is 3.19. The van der Waals surface area contributed by atoms with E-state index in [4.69, 9.17) is 0 Å². The Bertz CT molecular complexity index is 1170. The van der Waals surface area contributed by atoms with Crippen LogP contribution in [-0.2, 0) is 4.79 Å². The molecule has 2 aromatic rings. The molecule has 1 aromatic carbocycles. The van der Waals surface area contributed by atoms with E-state index in [0.29, 0.717) is 49.8 Å². The Balaban J connectivity index is 1.29. The van der Waals surface area contributed by atoms with Gasteiger partial charge < -0.3 is 25.0 Å². The van der Waals surface area contributed by atoms with E-state index in [1.807, 2.05) is 6.92 Å². The number of halogens is 4. The van der Waals surface area contributed by atoms with Gasteiger partial charge in [0.25, 0.3) is 0 Å². The van der Waals surface area contributed by atoms with Gasteiger partial charge in [0.1, 0.15) is 12.1 Å². The molecule has 1 saturated heterocycles. The molecular formula is C26H31F4N5O3. The normalized spacial score (nSPS) is 22.4. The smallest absolute Gasteiger partial charge is 0.403 e. The van der Waals surface area contributed by atoms with Gasteiger partial charge in [0.15, 0.2) is 11.6 Å². The molecule has 3 atom stereocenters. The zero-order chi connectivity index (χ0) is 27.0. The van der Waals surface area contributed by atoms with Gasteiger partial charge in [0.2, 0.25) is 5.91 Å². The summed E-state index contributed by atoms with van der Waals surface area (Å²) in [6.07, 6.45) is -1.33. The number of aromatic nitrogens is 2. The molecule has 0 unspecified atom stereocenters. The highest BCUT2D eigenvalue weighted by molar-refractivity contribution is 5.84. The van der Waals surface area contributed by atoms with Gasteiger partial charge in [0.05, 0.1) is 17.7 Å². The number of amides is 1. The van der Waals surface area contributed by atoms with Crippen molar-refractivity contribution in [1.29, 1.82) is 0 Å². The van der Waals surface area contributed by atoms with Crippen molar-refractivity contribution >= 4 is 11.7 Å². The maximum atomic E-state index is 14.5. The fourth-order valence-electron chi connectivity index (χ4n) is 5.36. The van der Waals surface area contributed by atoms with E-state index < -0.39 is 30.0 Å². The number of aliphatic hydroxyl groups is 1. The molecule has 3 aliphatic rings. The summed E-state index contributed by atoms with van der Waals surface area (Å²) in [4.78, 5) is 26.1. The Kier molecular flexibility index (Phi) is 7.45. The zero-order valence-corrected chi connectivity index (χ0v) is 21.0. The summed E-state index contributed by atoms with van der Waals surface area (Å²) >= 11 is 0. The van der Waals surface area contributed by atoms with Crippen molar-refractivity contribution in [3.05, 3.63) is 47.2 Å². The number of ether oxygens (including phenoxy) is 1. The molecule has 5 rings (SSSR count). The van der Waals surface area contributed by atoms with Crippen molar-refractivity contribution in [2.75, 3.05) is 44.2 Å². The first-order valence-corrected chi connectivity index (χ1v) is 12.9. The Morgan fingerprint density at radius 3 is 2.61 bits per heavy atom. The largest absolute Gasteiger partial charge is 0.573 e. The number of hydrogen-bond donors (Lipinski definition) is 2. The number of alkyl halides is 3. The van der Waals surface area contributed by atoms with Gasteiger partial charge in [-0.25, -0.2) is 14.4 Å². The molecule has 206 valence electrons. The van der Waals surface area contributed by atoms with Crippen molar-refractivity contribution < 1.29 is 32.2 Å². The predicted molar refractivity (Wildman–Crippen MR) is 130 cm³/mol. The fourth-order valence-corrected chi connectivity index (χ4v) is 5.36. The van der Waals surface area contributed by atoms with Crippen LogP contribution in [0.1, 0.15) is 60.9 Å². The number of nitrogens with one attached hydrogen (secondary N) is 1. The lowest BCUT2D eigenvalue weighted by Gasteiger charge is -2.38. The average molecular weight is 538 g/mol. The summed E-state index contributed by atoms with van der Waals surface area (Å²) < 4.78 is 56.0. The van der Waals surface area contributed by atoms with Gasteiger partial charge in [-0.1, -0.05) is 13.0 Å². The summed E-state index contributed by atoms with van der Waals surface area (Å²) in [5.74, 6) is -1.61. The van der Waals surface area contributed by atoms with Crippen molar-refractivity contribution in [2.24, 2.45) is 5.92 Å². The van der Waals surface area contributed by atoms with Crippen LogP contribution in [0, 0.1) is 11.7 Å². The van der Waals surface area contributed by atoms with Crippen LogP contribution in [0.2, 0.25) is 0 Å². The topological polar surface area (TPSA) is 90.8 Å². The molecule has 1 saturated carbocycles. The van der Waals surface area contributed by atoms with Crippen LogP contribution >= 0.6 is 0 Å². The summed E-state index contributed by atoms with van der Waals surface area (Å²) in [5, 5.41) is 13.6. The first-order valence-electron chi connectivity index (χ1n) is 12.9. The second kappa shape index (κ2) is 10.6. The first kappa shape index (κ1) is 26.6. The number of anilines is 1. The minimum atomic E-state index is -5.01. The number of rotatable bonds is 8. The van der Waals surface area contributed by atoms with Gasteiger partial charge >= 0.3 is 6.36 Å². The van der Waals surface area contributed by atoms with E-state index in [2.05, 4.69) is 24.9 Å². The van der Waals surface area contributed by atoms with E-state index in [-0.39, 0.29) is 18.4 Å². The van der Waals surface area contributed by atoms with E-state index in [0.717, 1.165) is 42.9 Å². The third kappa shape index (κ3) is 5.85. The van der Waals surface area contributed by atoms with Crippen LogP contribution in [0.5, 0.6) is 5.75 Å². The summed E-state index contributed by atoms with van der Waals surface area (Å²) in [7, 11) is 0. The highest BCUT2D eigenvalue weighted by Gasteiger charge is 2.36. The summed E-state index contributed by atoms with van der Waals surface area (Å²) in [6.45, 7) is 4.88. The average Bonchev–Trinajstić information content (AvgIpc) is 3.66. The molecule has 8 nitrogen and oxygen atoms in total. The Labute approximate surface area is 218 Å². The van der Waals surface area contributed by atoms with Crippen LogP contribution in [0.15, 0.2) is 24.5 Å². The lowest BCUT2D eigenvalue weighted by Crippen LogP contribution is -2.51. The molecule has 0 spiro atoms. The van der Waals surface area contributed by atoms with Crippen LogP contribution in [0.4, 0.5) is 23.4 Å². The molecule has 1 aliphatic heterocycles. The maximum Gasteiger partial charge on any atom is 0.573 e. The van der Waals surface area contributed by atoms with Crippen molar-refractivity contribution in [3.63, 3.8) is 0 Å². The van der Waals surface area contributed by atoms with Gasteiger partial charge in [-0.3, -0.25) is 4.79 Å². The van der Waals surface area contributed by atoms with Crippen LogP contribution < -0.4 is 15.0 Å². The molecule has 0 radical (unpaired) electrons. The second-order valence-corrected chi connectivity index (χ2v) is 10.4. The molecule has 12 heteroatoms. The molecule has 2 aliphatic carbocycles. The van der Waals surface area contributed by atoms with E-state index in [9.17, 15) is 27.5 Å². The number of aliphatic hydroxyl groups excluding tert-OH is 1. The number of piperazine rings is 1. The molecular weight excluding hydrogens is 506 g/mol. The third-order valence-electron chi connectivity index (χ3n) is 7.53. The van der Waals surface area contributed by atoms with Crippen LogP contribution in [0.25, 0.3) is 0 Å². The number of nitrogens with zero attached hydrogens (tertiary/aromatic N) is 4. The lowest BCUT2D eigenvalue weighted by molar-refractivity contribution is -0.275. The Morgan fingerprint density at radius 1 is 1.21 bits per heavy atom. The molecule has 1 amide bonds. The monoisotopic (exact) mass is 537 g/mol. The molecule has 1 aromatic heterocycles. The van der Waals surface area contributed by atoms with E-state index in [1.54, 1.807) is 4.90 Å². The van der Waals surface area contributed by atoms with Gasteiger partial charge in [-0.05, 0) is 55.3 Å². The Hall–Kier alpha value is -2.99. The quantitative estimate of drug-likeness (QED) is 0.499. The standard InChI is InChI=1S/C26H31F4N5O3/c1-15-10-20(36)23-22(15)24(33-14-32-23)34-6-8-35(9-7-34)25(37)18(13-31-12-16-2-3-16)17-4-5-21(19(27)11-17)38-26(28,29)30/h4-5,11,14-16,18,20,31,36H,2-3,6-10,12-13H2,1H3/t15-,18-,20-/m1/s1. The fraction of sp³-hybridized carbons (Fsp3) is 0.577. The van der Waals surface area contributed by atoms with Crippen molar-refractivity contribution in [2.45, 2.75) is 50.5 Å². The van der Waals surface area contributed by atoms with Crippen molar-refractivity contribution in [1.82, 2.24) is 20.2 Å². The van der Waals surface area contributed by atoms with Gasteiger partial charge in [0, 0.05) is 38.3 Å². The highest BCUT2D eigenvalue weighted by atomic mass is 19.4. The molecule has 2 heterocycles. The minimum Gasteiger partial charge on any atom is -0.403 e. The molecule has 2 fully saturated rings. The predicted octanol–water partition coefficient (Wildman–Crippen LogP) is 3.49. The van der Waals surface area contributed by atoms with Gasteiger partial charge in [-0.2, -0.15) is 0 Å². The maximum absolute atomic E-state index is 14.5. The number of hydrogen-bond acceptors (Lipinski definition) is 7. The SMILES string of the molecule is C[C@@H]1C[C@@H](O)c2ncnc(N3CCN(C(=O)[C@H](CNCC4CC4)c4ccc(OC(F)(F)F)c(F)c4)CC3)c21. The number of carbonyl (C=O) groups is 1. The number of fused-ring (bicyclic) bond motifs is 1. The molecule has 38 heavy (non-hydrogen) atoms. The summed E-state index contributed by atoms with van der Waals surface area (Å²) in [5.41, 5.74) is 1.89. The lowest BCUT2D eigenvalue weighted by atomic mass is 9.96. The number of benzene rings is 1. The molecule has 2 N–H and O–H groups in total. The third-order valence-corrected chi connectivity index (χ3v) is 7.53. The zero-order valence-electron chi connectivity index (χ0n) is 21.0. The highest BCUT2D eigenvalue weighted by Crippen LogP contribution is 2.43. The van der Waals surface area contributed by atoms with Crippen LogP contribution in [-0.4, -0.2) is 71.5 Å². The molecule has 0 bridgehead atoms. The minimum absolute atomic E-state index is 0.122. The van der Waals surface area contributed by atoms with E-state index in [1.165, 1.54) is 12.4 Å². The second-order valence-electron chi connectivity index (χ2n) is 10.4. The van der Waals surface area contributed by atoms with Crippen LogP contribution in [0.3, 0.4) is 0 Å². The van der Waals surface area contributed by atoms with Crippen molar-refractivity contribution in [3.8, 4) is 5.75 Å². The number of carbonyl (C=O) groups excluding carboxylic acids is 1. The van der Waals surface area contributed by atoms with Gasteiger partial charge in [-0.15, -0.1) is 13.2 Å².